The smallest absolute Gasteiger partial charge is 0.250 e. The first kappa shape index (κ1) is 24.5. The van der Waals surface area contributed by atoms with E-state index in [1.807, 2.05) is 0 Å². The zero-order valence-electron chi connectivity index (χ0n) is 17.3. The van der Waals surface area contributed by atoms with Gasteiger partial charge < -0.3 is 5.32 Å². The Balaban J connectivity index is 2.05. The number of hydrogen-bond donors (Lipinski definition) is 2. The molecule has 166 valence electrons. The van der Waals surface area contributed by atoms with Crippen LogP contribution in [0.15, 0.2) is 50.9 Å². The maximum atomic E-state index is 12.6. The van der Waals surface area contributed by atoms with Crippen LogP contribution in [-0.2, 0) is 24.8 Å². The molecular formula is C19H27N3O5S3. The van der Waals surface area contributed by atoms with Crippen molar-refractivity contribution in [3.63, 3.8) is 0 Å². The van der Waals surface area contributed by atoms with Gasteiger partial charge in [0.1, 0.15) is 4.21 Å². The van der Waals surface area contributed by atoms with Crippen LogP contribution in [0.1, 0.15) is 39.3 Å². The Hall–Kier alpha value is -1.79. The summed E-state index contributed by atoms with van der Waals surface area (Å²) < 4.78 is 53.5. The second kappa shape index (κ2) is 10.0. The third-order valence-corrected chi connectivity index (χ3v) is 9.57. The molecule has 1 aromatic heterocycles. The monoisotopic (exact) mass is 473 g/mol. The molecule has 30 heavy (non-hydrogen) atoms. The number of carbonyl (C=O) groups is 1. The van der Waals surface area contributed by atoms with Crippen LogP contribution in [0.5, 0.6) is 0 Å². The van der Waals surface area contributed by atoms with Crippen LogP contribution in [0.3, 0.4) is 0 Å². The molecule has 0 aliphatic carbocycles. The molecule has 2 rings (SSSR count). The van der Waals surface area contributed by atoms with Crippen molar-refractivity contribution in [1.82, 2.24) is 14.3 Å². The molecule has 1 heterocycles. The van der Waals surface area contributed by atoms with Gasteiger partial charge in [-0.1, -0.05) is 32.0 Å². The number of benzene rings is 1. The molecule has 2 unspecified atom stereocenters. The van der Waals surface area contributed by atoms with Gasteiger partial charge in [0.25, 0.3) is 10.0 Å². The van der Waals surface area contributed by atoms with E-state index in [9.17, 15) is 21.6 Å². The number of amides is 1. The highest BCUT2D eigenvalue weighted by Crippen LogP contribution is 2.20. The quantitative estimate of drug-likeness (QED) is 0.550. The molecule has 11 heteroatoms. The minimum Gasteiger partial charge on any atom is -0.348 e. The van der Waals surface area contributed by atoms with Crippen molar-refractivity contribution < 1.29 is 21.6 Å². The lowest BCUT2D eigenvalue weighted by Crippen LogP contribution is -2.45. The summed E-state index contributed by atoms with van der Waals surface area (Å²) in [6.45, 7) is 7.53. The Kier molecular flexibility index (Phi) is 8.17. The number of carbonyl (C=O) groups excluding carboxylic acids is 1. The highest BCUT2D eigenvalue weighted by molar-refractivity contribution is 7.91. The number of hydrogen-bond acceptors (Lipinski definition) is 6. The summed E-state index contributed by atoms with van der Waals surface area (Å²) in [5, 5.41) is 4.39. The van der Waals surface area contributed by atoms with Gasteiger partial charge in [-0.2, -0.15) is 9.03 Å². The van der Waals surface area contributed by atoms with Gasteiger partial charge in [-0.05, 0) is 43.0 Å². The molecule has 0 bridgehead atoms. The van der Waals surface area contributed by atoms with Gasteiger partial charge in [0.05, 0.1) is 17.0 Å². The number of nitrogens with one attached hydrogen (secondary N) is 2. The Bertz CT molecular complexity index is 1050. The van der Waals surface area contributed by atoms with Crippen LogP contribution >= 0.6 is 11.3 Å². The zero-order chi connectivity index (χ0) is 22.5. The fraction of sp³-hybridized carbons (Fsp3) is 0.421. The van der Waals surface area contributed by atoms with Crippen LogP contribution in [0.4, 0.5) is 0 Å². The molecule has 2 aromatic rings. The molecule has 1 amide bonds. The maximum absolute atomic E-state index is 12.6. The van der Waals surface area contributed by atoms with Crippen molar-refractivity contribution in [2.24, 2.45) is 0 Å². The molecule has 0 aliphatic rings. The average Bonchev–Trinajstić information content (AvgIpc) is 3.24. The van der Waals surface area contributed by atoms with E-state index in [4.69, 9.17) is 0 Å². The van der Waals surface area contributed by atoms with Crippen molar-refractivity contribution in [3.05, 3.63) is 47.3 Å². The zero-order valence-corrected chi connectivity index (χ0v) is 19.8. The van der Waals surface area contributed by atoms with E-state index in [0.717, 1.165) is 11.3 Å². The Morgan fingerprint density at radius 2 is 1.63 bits per heavy atom. The van der Waals surface area contributed by atoms with Crippen molar-refractivity contribution in [1.29, 1.82) is 0 Å². The number of rotatable bonds is 10. The van der Waals surface area contributed by atoms with Gasteiger partial charge in [-0.3, -0.25) is 4.79 Å². The fourth-order valence-corrected chi connectivity index (χ4v) is 6.49. The minimum absolute atomic E-state index is 0.139. The first-order valence-electron chi connectivity index (χ1n) is 9.49. The van der Waals surface area contributed by atoms with Crippen LogP contribution in [0.25, 0.3) is 0 Å². The van der Waals surface area contributed by atoms with E-state index < -0.39 is 38.0 Å². The van der Waals surface area contributed by atoms with Crippen LogP contribution in [0.2, 0.25) is 0 Å². The van der Waals surface area contributed by atoms with Crippen molar-refractivity contribution in [3.8, 4) is 0 Å². The van der Waals surface area contributed by atoms with Crippen LogP contribution in [0, 0.1) is 0 Å². The lowest BCUT2D eigenvalue weighted by atomic mass is 10.1. The van der Waals surface area contributed by atoms with E-state index in [1.54, 1.807) is 44.4 Å². The van der Waals surface area contributed by atoms with E-state index in [1.165, 1.54) is 29.4 Å². The highest BCUT2D eigenvalue weighted by atomic mass is 32.2. The SMILES string of the molecule is CCN(CC)S(=O)(=O)c1ccc(C(C)NC(=O)C(C)NS(=O)(=O)c2cccs2)cc1. The molecule has 8 nitrogen and oxygen atoms in total. The summed E-state index contributed by atoms with van der Waals surface area (Å²) in [6.07, 6.45) is 0. The van der Waals surface area contributed by atoms with Gasteiger partial charge in [-0.25, -0.2) is 16.8 Å². The largest absolute Gasteiger partial charge is 0.348 e. The number of thiophene rings is 1. The standard InChI is InChI=1S/C19H27N3O5S3/c1-5-22(6-2)30(26,27)17-11-9-16(10-12-17)14(3)20-19(23)15(4)21-29(24,25)18-8-7-13-28-18/h7-15,21H,5-6H2,1-4H3,(H,20,23). The maximum Gasteiger partial charge on any atom is 0.250 e. The summed E-state index contributed by atoms with van der Waals surface area (Å²) in [4.78, 5) is 12.6. The fourth-order valence-electron chi connectivity index (χ4n) is 2.82. The normalized spacial score (nSPS) is 14.4. The van der Waals surface area contributed by atoms with E-state index >= 15 is 0 Å². The summed E-state index contributed by atoms with van der Waals surface area (Å²) in [7, 11) is -7.31. The van der Waals surface area contributed by atoms with Gasteiger partial charge >= 0.3 is 0 Å². The second-order valence-electron chi connectivity index (χ2n) is 6.66. The predicted octanol–water partition coefficient (Wildman–Crippen LogP) is 2.32. The molecule has 0 spiro atoms. The molecule has 0 aliphatic heterocycles. The molecule has 0 fully saturated rings. The van der Waals surface area contributed by atoms with Crippen LogP contribution in [-0.4, -0.2) is 46.2 Å². The molecular weight excluding hydrogens is 446 g/mol. The van der Waals surface area contributed by atoms with Crippen molar-refractivity contribution in [2.75, 3.05) is 13.1 Å². The summed E-state index contributed by atoms with van der Waals surface area (Å²) >= 11 is 1.07. The lowest BCUT2D eigenvalue weighted by Gasteiger charge is -2.20. The Morgan fingerprint density at radius 3 is 2.13 bits per heavy atom. The van der Waals surface area contributed by atoms with E-state index in [0.29, 0.717) is 18.7 Å². The van der Waals surface area contributed by atoms with E-state index in [2.05, 4.69) is 10.0 Å². The topological polar surface area (TPSA) is 113 Å². The van der Waals surface area contributed by atoms with E-state index in [-0.39, 0.29) is 9.10 Å². The number of nitrogens with zero attached hydrogens (tertiary/aromatic N) is 1. The third kappa shape index (κ3) is 5.67. The van der Waals surface area contributed by atoms with Gasteiger partial charge in [0, 0.05) is 13.1 Å². The highest BCUT2D eigenvalue weighted by Gasteiger charge is 2.25. The second-order valence-corrected chi connectivity index (χ2v) is 11.5. The minimum atomic E-state index is -3.76. The molecule has 0 saturated heterocycles. The van der Waals surface area contributed by atoms with Crippen molar-refractivity contribution in [2.45, 2.75) is 48.9 Å². The van der Waals surface area contributed by atoms with Crippen molar-refractivity contribution >= 4 is 37.3 Å². The predicted molar refractivity (Wildman–Crippen MR) is 117 cm³/mol. The first-order valence-corrected chi connectivity index (χ1v) is 13.3. The summed E-state index contributed by atoms with van der Waals surface area (Å²) in [6, 6.07) is 7.98. The average molecular weight is 474 g/mol. The number of sulfonamides is 2. The summed E-state index contributed by atoms with van der Waals surface area (Å²) in [5.41, 5.74) is 0.704. The Morgan fingerprint density at radius 1 is 1.03 bits per heavy atom. The van der Waals surface area contributed by atoms with Crippen LogP contribution < -0.4 is 10.0 Å². The van der Waals surface area contributed by atoms with Gasteiger partial charge in [0.15, 0.2) is 0 Å². The summed E-state index contributed by atoms with van der Waals surface area (Å²) in [5.74, 6) is -0.484. The Labute approximate surface area is 182 Å². The first-order chi connectivity index (χ1) is 14.0. The molecule has 0 saturated carbocycles. The third-order valence-electron chi connectivity index (χ3n) is 4.57. The van der Waals surface area contributed by atoms with Gasteiger partial charge in [0.2, 0.25) is 15.9 Å². The molecule has 2 atom stereocenters. The molecule has 0 radical (unpaired) electrons. The molecule has 2 N–H and O–H groups in total. The van der Waals surface area contributed by atoms with Gasteiger partial charge in [-0.15, -0.1) is 11.3 Å². The molecule has 1 aromatic carbocycles. The lowest BCUT2D eigenvalue weighted by molar-refractivity contribution is -0.123.